The smallest absolute Gasteiger partial charge is 0.249 e. The van der Waals surface area contributed by atoms with Gasteiger partial charge in [-0.15, -0.1) is 0 Å². The summed E-state index contributed by atoms with van der Waals surface area (Å²) in [7, 11) is 0. The maximum atomic E-state index is 11.5. The zero-order valence-electron chi connectivity index (χ0n) is 8.55. The third-order valence-corrected chi connectivity index (χ3v) is 2.53. The number of amides is 1. The molecule has 1 atom stereocenters. The first-order valence-electron chi connectivity index (χ1n) is 4.89. The molecule has 0 radical (unpaired) electrons. The molecule has 1 aromatic carbocycles. The van der Waals surface area contributed by atoms with Gasteiger partial charge in [0.2, 0.25) is 5.91 Å². The highest BCUT2D eigenvalue weighted by Gasteiger charge is 2.28. The van der Waals surface area contributed by atoms with Gasteiger partial charge >= 0.3 is 0 Å². The summed E-state index contributed by atoms with van der Waals surface area (Å²) in [5.74, 6) is -0.121. The Morgan fingerprint density at radius 2 is 2.00 bits per heavy atom. The van der Waals surface area contributed by atoms with E-state index < -0.39 is 6.23 Å². The van der Waals surface area contributed by atoms with Gasteiger partial charge in [-0.1, -0.05) is 30.3 Å². The number of hydrogen-bond donors (Lipinski definition) is 1. The molecular formula is C12H13NO2. The zero-order valence-corrected chi connectivity index (χ0v) is 8.55. The summed E-state index contributed by atoms with van der Waals surface area (Å²) in [4.78, 5) is 12.9. The van der Waals surface area contributed by atoms with Crippen LogP contribution in [0.2, 0.25) is 0 Å². The maximum absolute atomic E-state index is 11.5. The lowest BCUT2D eigenvalue weighted by Crippen LogP contribution is -2.34. The quantitative estimate of drug-likeness (QED) is 0.787. The van der Waals surface area contributed by atoms with Crippen molar-refractivity contribution in [3.63, 3.8) is 0 Å². The Labute approximate surface area is 88.6 Å². The van der Waals surface area contributed by atoms with E-state index in [2.05, 4.69) is 0 Å². The van der Waals surface area contributed by atoms with Crippen LogP contribution in [0.3, 0.4) is 0 Å². The third kappa shape index (κ3) is 1.92. The summed E-state index contributed by atoms with van der Waals surface area (Å²) in [6.45, 7) is 2.21. The molecule has 1 aliphatic heterocycles. The second kappa shape index (κ2) is 3.87. The number of rotatable bonds is 2. The molecule has 1 N–H and O–H groups in total. The Morgan fingerprint density at radius 1 is 1.33 bits per heavy atom. The molecule has 0 aromatic heterocycles. The van der Waals surface area contributed by atoms with E-state index in [9.17, 15) is 9.90 Å². The predicted molar refractivity (Wildman–Crippen MR) is 56.8 cm³/mol. The Morgan fingerprint density at radius 3 is 2.53 bits per heavy atom. The Bertz CT molecular complexity index is 397. The first-order chi connectivity index (χ1) is 7.18. The Balaban J connectivity index is 2.12. The van der Waals surface area contributed by atoms with Crippen LogP contribution in [0.15, 0.2) is 42.0 Å². The zero-order chi connectivity index (χ0) is 10.8. The van der Waals surface area contributed by atoms with Crippen molar-refractivity contribution in [2.45, 2.75) is 19.7 Å². The Kier molecular flexibility index (Phi) is 2.56. The molecule has 0 bridgehead atoms. The lowest BCUT2D eigenvalue weighted by atomic mass is 10.2. The highest BCUT2D eigenvalue weighted by atomic mass is 16.3. The van der Waals surface area contributed by atoms with Gasteiger partial charge in [0.15, 0.2) is 6.23 Å². The number of aliphatic hydroxyl groups excluding tert-OH is 1. The van der Waals surface area contributed by atoms with Gasteiger partial charge in [-0.2, -0.15) is 0 Å². The standard InChI is InChI=1S/C12H13NO2/c1-9-7-11(14)13(12(9)15)8-10-5-3-2-4-6-10/h2-7,12,15H,8H2,1H3/t12-/m0/s1. The minimum absolute atomic E-state index is 0.121. The Hall–Kier alpha value is -1.61. The number of aliphatic hydroxyl groups is 1. The molecular weight excluding hydrogens is 190 g/mol. The van der Waals surface area contributed by atoms with Crippen molar-refractivity contribution in [1.82, 2.24) is 4.90 Å². The average molecular weight is 203 g/mol. The van der Waals surface area contributed by atoms with E-state index in [1.807, 2.05) is 30.3 Å². The molecule has 0 saturated heterocycles. The van der Waals surface area contributed by atoms with Crippen molar-refractivity contribution in [3.8, 4) is 0 Å². The summed E-state index contributed by atoms with van der Waals surface area (Å²) in [6, 6.07) is 9.64. The molecule has 15 heavy (non-hydrogen) atoms. The molecule has 0 spiro atoms. The van der Waals surface area contributed by atoms with E-state index in [1.54, 1.807) is 6.92 Å². The molecule has 0 fully saturated rings. The number of carbonyl (C=O) groups excluding carboxylic acids is 1. The van der Waals surface area contributed by atoms with Crippen molar-refractivity contribution in [2.75, 3.05) is 0 Å². The molecule has 1 aliphatic rings. The van der Waals surface area contributed by atoms with Crippen molar-refractivity contribution < 1.29 is 9.90 Å². The third-order valence-electron chi connectivity index (χ3n) is 2.53. The predicted octanol–water partition coefficient (Wildman–Crippen LogP) is 1.29. The van der Waals surface area contributed by atoms with Crippen LogP contribution in [0.25, 0.3) is 0 Å². The lowest BCUT2D eigenvalue weighted by molar-refractivity contribution is -0.131. The van der Waals surface area contributed by atoms with Gasteiger partial charge in [0, 0.05) is 12.6 Å². The van der Waals surface area contributed by atoms with Crippen LogP contribution in [0, 0.1) is 0 Å². The lowest BCUT2D eigenvalue weighted by Gasteiger charge is -2.21. The van der Waals surface area contributed by atoms with Crippen molar-refractivity contribution in [1.29, 1.82) is 0 Å². The molecule has 2 rings (SSSR count). The highest BCUT2D eigenvalue weighted by Crippen LogP contribution is 2.19. The van der Waals surface area contributed by atoms with Gasteiger partial charge in [0.05, 0.1) is 0 Å². The van der Waals surface area contributed by atoms with Gasteiger partial charge in [0.1, 0.15) is 0 Å². The van der Waals surface area contributed by atoms with Gasteiger partial charge in [0.25, 0.3) is 0 Å². The number of carbonyl (C=O) groups is 1. The van der Waals surface area contributed by atoms with Crippen LogP contribution in [0.5, 0.6) is 0 Å². The van der Waals surface area contributed by atoms with E-state index in [1.165, 1.54) is 11.0 Å². The molecule has 1 aromatic rings. The number of hydrogen-bond acceptors (Lipinski definition) is 2. The van der Waals surface area contributed by atoms with E-state index >= 15 is 0 Å². The SMILES string of the molecule is CC1=CC(=O)N(Cc2ccccc2)[C@H]1O. The fourth-order valence-corrected chi connectivity index (χ4v) is 1.66. The number of benzene rings is 1. The largest absolute Gasteiger partial charge is 0.369 e. The van der Waals surface area contributed by atoms with Crippen LogP contribution in [-0.4, -0.2) is 22.1 Å². The number of nitrogens with zero attached hydrogens (tertiary/aromatic N) is 1. The molecule has 1 heterocycles. The van der Waals surface area contributed by atoms with E-state index in [4.69, 9.17) is 0 Å². The fraction of sp³-hybridized carbons (Fsp3) is 0.250. The first kappa shape index (κ1) is 9.93. The van der Waals surface area contributed by atoms with Gasteiger partial charge in [-0.05, 0) is 18.1 Å². The van der Waals surface area contributed by atoms with Crippen LogP contribution >= 0.6 is 0 Å². The minimum atomic E-state index is -0.766. The molecule has 3 nitrogen and oxygen atoms in total. The highest BCUT2D eigenvalue weighted by molar-refractivity contribution is 5.91. The normalized spacial score (nSPS) is 20.7. The van der Waals surface area contributed by atoms with E-state index in [0.29, 0.717) is 12.1 Å². The topological polar surface area (TPSA) is 40.5 Å². The summed E-state index contributed by atoms with van der Waals surface area (Å²) in [6.07, 6.45) is 0.714. The van der Waals surface area contributed by atoms with Crippen LogP contribution in [-0.2, 0) is 11.3 Å². The molecule has 0 unspecified atom stereocenters. The molecule has 0 saturated carbocycles. The maximum Gasteiger partial charge on any atom is 0.249 e. The minimum Gasteiger partial charge on any atom is -0.369 e. The molecule has 0 aliphatic carbocycles. The summed E-state index contributed by atoms with van der Waals surface area (Å²) >= 11 is 0. The first-order valence-corrected chi connectivity index (χ1v) is 4.89. The summed E-state index contributed by atoms with van der Waals surface area (Å²) < 4.78 is 0. The fourth-order valence-electron chi connectivity index (χ4n) is 1.66. The second-order valence-corrected chi connectivity index (χ2v) is 3.71. The summed E-state index contributed by atoms with van der Waals surface area (Å²) in [5, 5.41) is 9.73. The van der Waals surface area contributed by atoms with Crippen molar-refractivity contribution >= 4 is 5.91 Å². The van der Waals surface area contributed by atoms with Crippen LogP contribution in [0.4, 0.5) is 0 Å². The average Bonchev–Trinajstić information content (AvgIpc) is 2.47. The molecule has 1 amide bonds. The van der Waals surface area contributed by atoms with Gasteiger partial charge in [-0.25, -0.2) is 0 Å². The molecule has 3 heteroatoms. The van der Waals surface area contributed by atoms with Crippen molar-refractivity contribution in [2.24, 2.45) is 0 Å². The molecule has 78 valence electrons. The van der Waals surface area contributed by atoms with Crippen LogP contribution < -0.4 is 0 Å². The monoisotopic (exact) mass is 203 g/mol. The summed E-state index contributed by atoms with van der Waals surface area (Å²) in [5.41, 5.74) is 1.73. The van der Waals surface area contributed by atoms with Crippen LogP contribution in [0.1, 0.15) is 12.5 Å². The second-order valence-electron chi connectivity index (χ2n) is 3.71. The van der Waals surface area contributed by atoms with E-state index in [0.717, 1.165) is 5.56 Å². The van der Waals surface area contributed by atoms with Gasteiger partial charge < -0.3 is 10.0 Å². The van der Waals surface area contributed by atoms with Gasteiger partial charge in [-0.3, -0.25) is 4.79 Å². The van der Waals surface area contributed by atoms with Crippen molar-refractivity contribution in [3.05, 3.63) is 47.5 Å². The van der Waals surface area contributed by atoms with E-state index in [-0.39, 0.29) is 5.91 Å².